The number of amides is 1. The van der Waals surface area contributed by atoms with Crippen LogP contribution in [0.2, 0.25) is 0 Å². The monoisotopic (exact) mass is 293 g/mol. The van der Waals surface area contributed by atoms with E-state index in [0.29, 0.717) is 5.75 Å². The van der Waals surface area contributed by atoms with Gasteiger partial charge in [-0.15, -0.1) is 0 Å². The maximum absolute atomic E-state index is 11.9. The molecule has 1 fully saturated rings. The first kappa shape index (κ1) is 15.3. The number of nitrogens with one attached hydrogen (secondary N) is 1. The third-order valence-electron chi connectivity index (χ3n) is 3.55. The average molecular weight is 293 g/mol. The molecule has 0 unspecified atom stereocenters. The van der Waals surface area contributed by atoms with E-state index in [4.69, 9.17) is 0 Å². The number of aromatic nitrogens is 1. The average Bonchev–Trinajstić information content (AvgIpc) is 2.98. The molecule has 2 heterocycles. The Bertz CT molecular complexity index is 407. The summed E-state index contributed by atoms with van der Waals surface area (Å²) in [5, 5.41) is 3.01. The molecule has 1 aromatic rings. The summed E-state index contributed by atoms with van der Waals surface area (Å²) in [6, 6.07) is 3.90. The summed E-state index contributed by atoms with van der Waals surface area (Å²) in [5.41, 5.74) is 1.04. The summed E-state index contributed by atoms with van der Waals surface area (Å²) >= 11 is 1.72. The number of hydrogen-bond donors (Lipinski definition) is 1. The first-order valence-corrected chi connectivity index (χ1v) is 8.40. The highest BCUT2D eigenvalue weighted by molar-refractivity contribution is 7.99. The highest BCUT2D eigenvalue weighted by Gasteiger charge is 2.12. The molecule has 20 heavy (non-hydrogen) atoms. The molecule has 0 aromatic carbocycles. The van der Waals surface area contributed by atoms with Crippen molar-refractivity contribution in [2.75, 3.05) is 31.1 Å². The summed E-state index contributed by atoms with van der Waals surface area (Å²) in [7, 11) is 0. The molecule has 0 radical (unpaired) electrons. The van der Waals surface area contributed by atoms with Crippen LogP contribution in [-0.4, -0.2) is 46.9 Å². The lowest BCUT2D eigenvalue weighted by molar-refractivity contribution is -0.119. The van der Waals surface area contributed by atoms with Crippen LogP contribution in [0.5, 0.6) is 0 Å². The topological polar surface area (TPSA) is 45.2 Å². The quantitative estimate of drug-likeness (QED) is 0.782. The SMILES string of the molecule is C[C@@H](NC(=O)CSCCN1CCCC1)c1cccnc1. The molecule has 1 aromatic heterocycles. The summed E-state index contributed by atoms with van der Waals surface area (Å²) in [4.78, 5) is 18.4. The van der Waals surface area contributed by atoms with Crippen LogP contribution in [0.25, 0.3) is 0 Å². The van der Waals surface area contributed by atoms with E-state index in [1.54, 1.807) is 24.2 Å². The van der Waals surface area contributed by atoms with Crippen LogP contribution in [0.1, 0.15) is 31.4 Å². The largest absolute Gasteiger partial charge is 0.349 e. The Hall–Kier alpha value is -1.07. The second-order valence-electron chi connectivity index (χ2n) is 5.18. The molecule has 1 aliphatic heterocycles. The van der Waals surface area contributed by atoms with Gasteiger partial charge in [-0.1, -0.05) is 6.07 Å². The van der Waals surface area contributed by atoms with Gasteiger partial charge in [0, 0.05) is 24.7 Å². The van der Waals surface area contributed by atoms with Crippen LogP contribution < -0.4 is 5.32 Å². The van der Waals surface area contributed by atoms with E-state index in [1.165, 1.54) is 25.9 Å². The van der Waals surface area contributed by atoms with Gasteiger partial charge in [-0.3, -0.25) is 9.78 Å². The lowest BCUT2D eigenvalue weighted by Crippen LogP contribution is -2.29. The molecule has 0 saturated carbocycles. The van der Waals surface area contributed by atoms with E-state index in [1.807, 2.05) is 19.1 Å². The number of nitrogens with zero attached hydrogens (tertiary/aromatic N) is 2. The Labute approximate surface area is 125 Å². The van der Waals surface area contributed by atoms with Crippen LogP contribution in [0.3, 0.4) is 0 Å². The molecule has 1 atom stereocenters. The molecular formula is C15H23N3OS. The summed E-state index contributed by atoms with van der Waals surface area (Å²) < 4.78 is 0. The van der Waals surface area contributed by atoms with Crippen LogP contribution in [0.4, 0.5) is 0 Å². The van der Waals surface area contributed by atoms with Crippen LogP contribution >= 0.6 is 11.8 Å². The van der Waals surface area contributed by atoms with E-state index in [0.717, 1.165) is 17.9 Å². The van der Waals surface area contributed by atoms with Crippen molar-refractivity contribution >= 4 is 17.7 Å². The van der Waals surface area contributed by atoms with Crippen molar-refractivity contribution in [3.8, 4) is 0 Å². The van der Waals surface area contributed by atoms with Crippen molar-refractivity contribution in [2.45, 2.75) is 25.8 Å². The van der Waals surface area contributed by atoms with Gasteiger partial charge in [0.1, 0.15) is 0 Å². The summed E-state index contributed by atoms with van der Waals surface area (Å²) in [6.07, 6.45) is 6.19. The van der Waals surface area contributed by atoms with Gasteiger partial charge in [0.15, 0.2) is 0 Å². The lowest BCUT2D eigenvalue weighted by Gasteiger charge is -2.15. The molecule has 0 spiro atoms. The number of carbonyl (C=O) groups is 1. The Morgan fingerprint density at radius 1 is 1.50 bits per heavy atom. The number of carbonyl (C=O) groups excluding carboxylic acids is 1. The summed E-state index contributed by atoms with van der Waals surface area (Å²) in [6.45, 7) is 5.55. The van der Waals surface area contributed by atoms with Crippen LogP contribution in [0, 0.1) is 0 Å². The molecule has 1 amide bonds. The van der Waals surface area contributed by atoms with E-state index in [9.17, 15) is 4.79 Å². The molecule has 0 bridgehead atoms. The van der Waals surface area contributed by atoms with Gasteiger partial charge in [-0.2, -0.15) is 11.8 Å². The second kappa shape index (κ2) is 8.27. The number of hydrogen-bond acceptors (Lipinski definition) is 4. The molecule has 2 rings (SSSR count). The molecule has 1 aliphatic rings. The van der Waals surface area contributed by atoms with Crippen molar-refractivity contribution in [1.29, 1.82) is 0 Å². The Morgan fingerprint density at radius 3 is 3.00 bits per heavy atom. The molecule has 110 valence electrons. The molecular weight excluding hydrogens is 270 g/mol. The second-order valence-corrected chi connectivity index (χ2v) is 6.28. The third kappa shape index (κ3) is 5.13. The predicted octanol–water partition coefficient (Wildman–Crippen LogP) is 2.09. The highest BCUT2D eigenvalue weighted by Crippen LogP contribution is 2.11. The zero-order chi connectivity index (χ0) is 14.2. The maximum atomic E-state index is 11.9. The minimum absolute atomic E-state index is 0.0235. The van der Waals surface area contributed by atoms with Crippen molar-refractivity contribution in [2.24, 2.45) is 0 Å². The van der Waals surface area contributed by atoms with Gasteiger partial charge in [0.25, 0.3) is 0 Å². The maximum Gasteiger partial charge on any atom is 0.230 e. The van der Waals surface area contributed by atoms with E-state index >= 15 is 0 Å². The van der Waals surface area contributed by atoms with Gasteiger partial charge < -0.3 is 10.2 Å². The first-order chi connectivity index (χ1) is 9.75. The Balaban J connectivity index is 1.60. The Kier molecular flexibility index (Phi) is 6.33. The van der Waals surface area contributed by atoms with Gasteiger partial charge >= 0.3 is 0 Å². The first-order valence-electron chi connectivity index (χ1n) is 7.25. The van der Waals surface area contributed by atoms with E-state index in [-0.39, 0.29) is 11.9 Å². The molecule has 5 heteroatoms. The fourth-order valence-corrected chi connectivity index (χ4v) is 3.16. The lowest BCUT2D eigenvalue weighted by atomic mass is 10.1. The fraction of sp³-hybridized carbons (Fsp3) is 0.600. The minimum Gasteiger partial charge on any atom is -0.349 e. The van der Waals surface area contributed by atoms with Gasteiger partial charge in [0.2, 0.25) is 5.91 Å². The molecule has 1 N–H and O–H groups in total. The molecule has 4 nitrogen and oxygen atoms in total. The van der Waals surface area contributed by atoms with E-state index in [2.05, 4.69) is 15.2 Å². The van der Waals surface area contributed by atoms with Gasteiger partial charge in [-0.05, 0) is 44.5 Å². The number of rotatable bonds is 7. The Morgan fingerprint density at radius 2 is 2.30 bits per heavy atom. The standard InChI is InChI=1S/C15H23N3OS/c1-13(14-5-4-6-16-11-14)17-15(19)12-20-10-9-18-7-2-3-8-18/h4-6,11,13H,2-3,7-10,12H2,1H3,(H,17,19)/t13-/m1/s1. The van der Waals surface area contributed by atoms with Crippen molar-refractivity contribution in [3.63, 3.8) is 0 Å². The minimum atomic E-state index is 0.0235. The van der Waals surface area contributed by atoms with Gasteiger partial charge in [-0.25, -0.2) is 0 Å². The van der Waals surface area contributed by atoms with E-state index < -0.39 is 0 Å². The zero-order valence-electron chi connectivity index (χ0n) is 12.0. The zero-order valence-corrected chi connectivity index (χ0v) is 12.9. The third-order valence-corrected chi connectivity index (χ3v) is 4.48. The fourth-order valence-electron chi connectivity index (χ4n) is 2.36. The predicted molar refractivity (Wildman–Crippen MR) is 83.8 cm³/mol. The summed E-state index contributed by atoms with van der Waals surface area (Å²) in [5.74, 6) is 1.68. The molecule has 0 aliphatic carbocycles. The van der Waals surface area contributed by atoms with Crippen molar-refractivity contribution in [3.05, 3.63) is 30.1 Å². The number of likely N-dealkylation sites (tertiary alicyclic amines) is 1. The number of pyridine rings is 1. The molecule has 1 saturated heterocycles. The highest BCUT2D eigenvalue weighted by atomic mass is 32.2. The van der Waals surface area contributed by atoms with Crippen molar-refractivity contribution < 1.29 is 4.79 Å². The van der Waals surface area contributed by atoms with Crippen LogP contribution in [-0.2, 0) is 4.79 Å². The van der Waals surface area contributed by atoms with Gasteiger partial charge in [0.05, 0.1) is 11.8 Å². The number of thioether (sulfide) groups is 1. The normalized spacial score (nSPS) is 17.1. The smallest absolute Gasteiger partial charge is 0.230 e. The van der Waals surface area contributed by atoms with Crippen molar-refractivity contribution in [1.82, 2.24) is 15.2 Å². The van der Waals surface area contributed by atoms with Crippen LogP contribution in [0.15, 0.2) is 24.5 Å².